The highest BCUT2D eigenvalue weighted by Crippen LogP contribution is 2.00. The highest BCUT2D eigenvalue weighted by molar-refractivity contribution is 6.65. The Labute approximate surface area is 57.5 Å². The van der Waals surface area contributed by atoms with E-state index in [4.69, 9.17) is 23.2 Å². The van der Waals surface area contributed by atoms with Crippen LogP contribution < -0.4 is 0 Å². The second-order valence-corrected chi connectivity index (χ2v) is 1.69. The predicted octanol–water partition coefficient (Wildman–Crippen LogP) is 1.99. The van der Waals surface area contributed by atoms with Crippen LogP contribution in [0.5, 0.6) is 0 Å². The van der Waals surface area contributed by atoms with Gasteiger partial charge in [-0.05, 0) is 18.3 Å². The van der Waals surface area contributed by atoms with Crippen molar-refractivity contribution in [3.8, 4) is 0 Å². The fraction of sp³-hybridized carbons (Fsp3) is 0. The van der Waals surface area contributed by atoms with E-state index in [1.54, 1.807) is 0 Å². The molecular weight excluding hydrogens is 147 g/mol. The molecule has 0 saturated carbocycles. The van der Waals surface area contributed by atoms with Crippen LogP contribution >= 0.6 is 23.2 Å². The predicted molar refractivity (Wildman–Crippen MR) is 37.8 cm³/mol. The molecule has 0 unspecified atom stereocenters. The van der Waals surface area contributed by atoms with Gasteiger partial charge in [-0.3, -0.25) is 0 Å². The molecule has 0 aliphatic carbocycles. The first-order chi connectivity index (χ1) is 3.66. The summed E-state index contributed by atoms with van der Waals surface area (Å²) in [6.07, 6.45) is 0. The summed E-state index contributed by atoms with van der Waals surface area (Å²) in [4.78, 5) is 6.67. The summed E-state index contributed by atoms with van der Waals surface area (Å²) in [7, 11) is 0. The summed E-state index contributed by atoms with van der Waals surface area (Å²) in [5.74, 6) is 0. The standard InChI is InChI=1S/C4H4Cl2N2/c1-3(5)8-4(6)7-2/h1-2H2/b8-4-. The molecule has 2 nitrogen and oxygen atoms in total. The largest absolute Gasteiger partial charge is 0.234 e. The molecule has 0 aromatic heterocycles. The Morgan fingerprint density at radius 1 is 1.38 bits per heavy atom. The summed E-state index contributed by atoms with van der Waals surface area (Å²) in [6, 6.07) is 0. The van der Waals surface area contributed by atoms with Crippen LogP contribution in [0.3, 0.4) is 0 Å². The van der Waals surface area contributed by atoms with Crippen LogP contribution in [0.15, 0.2) is 21.7 Å². The van der Waals surface area contributed by atoms with Gasteiger partial charge in [0.15, 0.2) is 0 Å². The molecular formula is C4H4Cl2N2. The van der Waals surface area contributed by atoms with E-state index >= 15 is 0 Å². The molecule has 0 saturated heterocycles. The zero-order valence-electron chi connectivity index (χ0n) is 4.06. The second kappa shape index (κ2) is 3.64. The van der Waals surface area contributed by atoms with Crippen LogP contribution in [0, 0.1) is 0 Å². The van der Waals surface area contributed by atoms with Gasteiger partial charge in [-0.25, -0.2) is 9.98 Å². The molecule has 0 atom stereocenters. The zero-order chi connectivity index (χ0) is 6.57. The van der Waals surface area contributed by atoms with Crippen molar-refractivity contribution in [3.63, 3.8) is 0 Å². The van der Waals surface area contributed by atoms with Crippen molar-refractivity contribution in [3.05, 3.63) is 11.7 Å². The number of hydrogen-bond donors (Lipinski definition) is 0. The highest BCUT2D eigenvalue weighted by atomic mass is 35.5. The number of amidine groups is 1. The van der Waals surface area contributed by atoms with Crippen molar-refractivity contribution in [2.75, 3.05) is 0 Å². The maximum Gasteiger partial charge on any atom is 0.223 e. The van der Waals surface area contributed by atoms with Gasteiger partial charge in [-0.2, -0.15) is 0 Å². The minimum absolute atomic E-state index is 0.00463. The third-order valence-corrected chi connectivity index (χ3v) is 0.633. The summed E-state index contributed by atoms with van der Waals surface area (Å²) < 4.78 is 0. The van der Waals surface area contributed by atoms with Crippen molar-refractivity contribution in [2.45, 2.75) is 0 Å². The fourth-order valence-corrected chi connectivity index (χ4v) is 0.361. The Bertz CT molecular complexity index is 139. The Morgan fingerprint density at radius 2 is 1.88 bits per heavy atom. The molecule has 44 valence electrons. The number of aliphatic imine (C=N–C) groups is 2. The van der Waals surface area contributed by atoms with Gasteiger partial charge in [0.05, 0.1) is 0 Å². The lowest BCUT2D eigenvalue weighted by atomic mass is 11.0. The molecule has 4 heteroatoms. The average Bonchev–Trinajstić information content (AvgIpc) is 1.65. The Kier molecular flexibility index (Phi) is 3.48. The van der Waals surface area contributed by atoms with E-state index in [1.165, 1.54) is 0 Å². The molecule has 0 aromatic carbocycles. The van der Waals surface area contributed by atoms with Crippen LogP contribution in [0.2, 0.25) is 0 Å². The van der Waals surface area contributed by atoms with Gasteiger partial charge in [-0.15, -0.1) is 0 Å². The van der Waals surface area contributed by atoms with E-state index in [9.17, 15) is 0 Å². The topological polar surface area (TPSA) is 24.7 Å². The Morgan fingerprint density at radius 3 is 2.00 bits per heavy atom. The molecule has 0 amide bonds. The van der Waals surface area contributed by atoms with Crippen LogP contribution in [0.25, 0.3) is 0 Å². The van der Waals surface area contributed by atoms with Gasteiger partial charge in [0.1, 0.15) is 5.16 Å². The van der Waals surface area contributed by atoms with Gasteiger partial charge in [0.2, 0.25) is 5.29 Å². The van der Waals surface area contributed by atoms with E-state index in [0.29, 0.717) is 0 Å². The average molecular weight is 151 g/mol. The maximum atomic E-state index is 5.24. The minimum Gasteiger partial charge on any atom is -0.234 e. The van der Waals surface area contributed by atoms with Crippen molar-refractivity contribution in [1.82, 2.24) is 0 Å². The molecule has 0 N–H and O–H groups in total. The lowest BCUT2D eigenvalue weighted by Gasteiger charge is -1.82. The highest BCUT2D eigenvalue weighted by Gasteiger charge is 1.84. The van der Waals surface area contributed by atoms with Crippen molar-refractivity contribution >= 4 is 35.2 Å². The van der Waals surface area contributed by atoms with E-state index in [0.717, 1.165) is 0 Å². The van der Waals surface area contributed by atoms with E-state index in [-0.39, 0.29) is 10.5 Å². The molecule has 0 spiro atoms. The molecule has 0 aliphatic rings. The first-order valence-corrected chi connectivity index (χ1v) is 2.47. The van der Waals surface area contributed by atoms with Gasteiger partial charge in [-0.1, -0.05) is 18.2 Å². The quantitative estimate of drug-likeness (QED) is 0.311. The molecule has 0 heterocycles. The van der Waals surface area contributed by atoms with Crippen molar-refractivity contribution < 1.29 is 0 Å². The molecule has 0 bridgehead atoms. The second-order valence-electron chi connectivity index (χ2n) is 0.915. The van der Waals surface area contributed by atoms with Crippen molar-refractivity contribution in [1.29, 1.82) is 0 Å². The molecule has 0 rings (SSSR count). The lowest BCUT2D eigenvalue weighted by Crippen LogP contribution is -1.75. The molecule has 8 heavy (non-hydrogen) atoms. The molecule has 0 aromatic rings. The number of halogens is 2. The molecule has 0 aliphatic heterocycles. The van der Waals surface area contributed by atoms with Gasteiger partial charge in [0, 0.05) is 0 Å². The fourth-order valence-electron chi connectivity index (χ4n) is 0.135. The summed E-state index contributed by atoms with van der Waals surface area (Å²) in [5, 5.41) is 0.104. The van der Waals surface area contributed by atoms with E-state index in [2.05, 4.69) is 23.3 Å². The minimum atomic E-state index is 0.00463. The SMILES string of the molecule is C=N/C(Cl)=N\C(=C)Cl. The first-order valence-electron chi connectivity index (χ1n) is 1.72. The van der Waals surface area contributed by atoms with E-state index in [1.807, 2.05) is 0 Å². The van der Waals surface area contributed by atoms with Crippen LogP contribution in [0.4, 0.5) is 0 Å². The normalized spacial score (nSPS) is 11.0. The number of rotatable bonds is 1. The van der Waals surface area contributed by atoms with E-state index < -0.39 is 0 Å². The Balaban J connectivity index is 3.94. The van der Waals surface area contributed by atoms with Gasteiger partial charge >= 0.3 is 0 Å². The summed E-state index contributed by atoms with van der Waals surface area (Å²) in [5.41, 5.74) is 0. The van der Waals surface area contributed by atoms with Crippen LogP contribution in [-0.4, -0.2) is 12.0 Å². The van der Waals surface area contributed by atoms with Gasteiger partial charge < -0.3 is 0 Å². The van der Waals surface area contributed by atoms with Crippen LogP contribution in [0.1, 0.15) is 0 Å². The summed E-state index contributed by atoms with van der Waals surface area (Å²) >= 11 is 10.4. The number of hydrogen-bond acceptors (Lipinski definition) is 1. The third-order valence-electron chi connectivity index (χ3n) is 0.344. The smallest absolute Gasteiger partial charge is 0.223 e. The molecule has 0 radical (unpaired) electrons. The maximum absolute atomic E-state index is 5.24. The first kappa shape index (κ1) is 7.66. The van der Waals surface area contributed by atoms with Crippen LogP contribution in [-0.2, 0) is 0 Å². The number of nitrogens with zero attached hydrogens (tertiary/aromatic N) is 2. The summed E-state index contributed by atoms with van der Waals surface area (Å²) in [6.45, 7) is 6.35. The van der Waals surface area contributed by atoms with Gasteiger partial charge in [0.25, 0.3) is 0 Å². The molecule has 0 fully saturated rings. The Hall–Kier alpha value is -0.340. The third kappa shape index (κ3) is 3.84. The lowest BCUT2D eigenvalue weighted by molar-refractivity contribution is 1.52. The monoisotopic (exact) mass is 150 g/mol. The van der Waals surface area contributed by atoms with Crippen molar-refractivity contribution in [2.24, 2.45) is 9.98 Å². The zero-order valence-corrected chi connectivity index (χ0v) is 5.58.